The van der Waals surface area contributed by atoms with Gasteiger partial charge in [0.05, 0.1) is 0 Å². The highest BCUT2D eigenvalue weighted by Crippen LogP contribution is 2.30. The summed E-state index contributed by atoms with van der Waals surface area (Å²) < 4.78 is 4.87. The summed E-state index contributed by atoms with van der Waals surface area (Å²) >= 11 is 2.87. The molecule has 0 radical (unpaired) electrons. The van der Waals surface area contributed by atoms with E-state index in [0.29, 0.717) is 0 Å². The van der Waals surface area contributed by atoms with Crippen LogP contribution >= 0.6 is 23.3 Å². The first-order valence-electron chi connectivity index (χ1n) is 5.51. The summed E-state index contributed by atoms with van der Waals surface area (Å²) in [5.74, 6) is 1.64. The molecule has 2 aromatic rings. The quantitative estimate of drug-likeness (QED) is 0.873. The largest absolute Gasteiger partial charge is 0.373 e. The second kappa shape index (κ2) is 5.19. The van der Waals surface area contributed by atoms with Gasteiger partial charge in [-0.15, -0.1) is 0 Å². The van der Waals surface area contributed by atoms with E-state index in [4.69, 9.17) is 0 Å². The van der Waals surface area contributed by atoms with Gasteiger partial charge in [-0.1, -0.05) is 20.8 Å². The molecule has 0 aliphatic heterocycles. The molecule has 2 heterocycles. The fourth-order valence-corrected chi connectivity index (χ4v) is 2.63. The van der Waals surface area contributed by atoms with E-state index in [1.165, 1.54) is 23.3 Å². The molecule has 18 heavy (non-hydrogen) atoms. The summed E-state index contributed by atoms with van der Waals surface area (Å²) in [6.07, 6.45) is 1.55. The highest BCUT2D eigenvalue weighted by atomic mass is 32.2. The molecular formula is C11H15N5S2. The first-order chi connectivity index (χ1) is 8.49. The molecule has 2 aromatic heterocycles. The van der Waals surface area contributed by atoms with Crippen LogP contribution in [0.4, 0.5) is 5.82 Å². The maximum absolute atomic E-state index is 4.58. The third kappa shape index (κ3) is 3.17. The van der Waals surface area contributed by atoms with Crippen LogP contribution in [-0.2, 0) is 5.41 Å². The predicted octanol–water partition coefficient (Wildman–Crippen LogP) is 2.82. The van der Waals surface area contributed by atoms with E-state index in [1.807, 2.05) is 13.1 Å². The van der Waals surface area contributed by atoms with Crippen molar-refractivity contribution in [2.24, 2.45) is 0 Å². The minimum Gasteiger partial charge on any atom is -0.373 e. The van der Waals surface area contributed by atoms with E-state index >= 15 is 0 Å². The molecule has 0 aromatic carbocycles. The molecule has 0 fully saturated rings. The topological polar surface area (TPSA) is 63.6 Å². The summed E-state index contributed by atoms with van der Waals surface area (Å²) in [6, 6.07) is 1.92. The zero-order chi connectivity index (χ0) is 13.2. The van der Waals surface area contributed by atoms with Crippen LogP contribution in [0.2, 0.25) is 0 Å². The fourth-order valence-electron chi connectivity index (χ4n) is 1.24. The second-order valence-corrected chi connectivity index (χ2v) is 6.77. The standard InChI is InChI=1S/C11H15N5S2/c1-11(2,3)9-15-7(12-4)5-8(16-9)17-10-13-6-14-18-10/h5-6H,1-4H3,(H,12,15,16). The van der Waals surface area contributed by atoms with Gasteiger partial charge in [-0.3, -0.25) is 0 Å². The molecule has 5 nitrogen and oxygen atoms in total. The Morgan fingerprint density at radius 2 is 2.06 bits per heavy atom. The average Bonchev–Trinajstić information content (AvgIpc) is 2.80. The molecule has 0 aliphatic carbocycles. The Morgan fingerprint density at radius 1 is 1.28 bits per heavy atom. The lowest BCUT2D eigenvalue weighted by atomic mass is 9.96. The third-order valence-corrected chi connectivity index (χ3v) is 3.80. The number of aromatic nitrogens is 4. The number of hydrogen-bond donors (Lipinski definition) is 1. The average molecular weight is 281 g/mol. The van der Waals surface area contributed by atoms with Crippen LogP contribution in [0.25, 0.3) is 0 Å². The smallest absolute Gasteiger partial charge is 0.175 e. The second-order valence-electron chi connectivity index (χ2n) is 4.72. The minimum absolute atomic E-state index is 0.0801. The van der Waals surface area contributed by atoms with Gasteiger partial charge in [-0.2, -0.15) is 4.37 Å². The van der Waals surface area contributed by atoms with Crippen molar-refractivity contribution in [3.63, 3.8) is 0 Å². The molecule has 7 heteroatoms. The molecule has 0 atom stereocenters. The van der Waals surface area contributed by atoms with Crippen molar-refractivity contribution in [2.75, 3.05) is 12.4 Å². The molecule has 96 valence electrons. The van der Waals surface area contributed by atoms with Crippen molar-refractivity contribution in [1.82, 2.24) is 19.3 Å². The summed E-state index contributed by atoms with van der Waals surface area (Å²) in [4.78, 5) is 13.2. The number of nitrogens with zero attached hydrogens (tertiary/aromatic N) is 4. The summed E-state index contributed by atoms with van der Waals surface area (Å²) in [5, 5.41) is 3.95. The molecular weight excluding hydrogens is 266 g/mol. The molecule has 2 rings (SSSR count). The van der Waals surface area contributed by atoms with Crippen LogP contribution in [0.5, 0.6) is 0 Å². The SMILES string of the molecule is CNc1cc(Sc2ncns2)nc(C(C)(C)C)n1. The van der Waals surface area contributed by atoms with Gasteiger partial charge >= 0.3 is 0 Å². The Balaban J connectivity index is 2.35. The number of anilines is 1. The molecule has 1 N–H and O–H groups in total. The van der Waals surface area contributed by atoms with Crippen LogP contribution < -0.4 is 5.32 Å². The lowest BCUT2D eigenvalue weighted by molar-refractivity contribution is 0.539. The van der Waals surface area contributed by atoms with Crippen LogP contribution in [0.3, 0.4) is 0 Å². The number of nitrogens with one attached hydrogen (secondary N) is 1. The van der Waals surface area contributed by atoms with E-state index in [0.717, 1.165) is 21.0 Å². The fraction of sp³-hybridized carbons (Fsp3) is 0.455. The highest BCUT2D eigenvalue weighted by Gasteiger charge is 2.19. The molecule has 0 unspecified atom stereocenters. The first kappa shape index (κ1) is 13.2. The minimum atomic E-state index is -0.0801. The van der Waals surface area contributed by atoms with Crippen LogP contribution in [0, 0.1) is 0 Å². The highest BCUT2D eigenvalue weighted by molar-refractivity contribution is 8.00. The Hall–Kier alpha value is -1.21. The van der Waals surface area contributed by atoms with Gasteiger partial charge in [-0.25, -0.2) is 15.0 Å². The maximum atomic E-state index is 4.58. The Labute approximate surface area is 115 Å². The van der Waals surface area contributed by atoms with Gasteiger partial charge in [-0.05, 0) is 23.3 Å². The third-order valence-electron chi connectivity index (χ3n) is 2.16. The van der Waals surface area contributed by atoms with Gasteiger partial charge in [0.25, 0.3) is 0 Å². The molecule has 0 amide bonds. The van der Waals surface area contributed by atoms with Crippen molar-refractivity contribution in [3.05, 3.63) is 18.2 Å². The molecule has 0 saturated heterocycles. The number of rotatable bonds is 3. The van der Waals surface area contributed by atoms with E-state index in [1.54, 1.807) is 6.33 Å². The Bertz CT molecular complexity index is 519. The summed E-state index contributed by atoms with van der Waals surface area (Å²) in [7, 11) is 1.86. The van der Waals surface area contributed by atoms with Gasteiger partial charge in [0.15, 0.2) is 4.34 Å². The maximum Gasteiger partial charge on any atom is 0.175 e. The monoisotopic (exact) mass is 281 g/mol. The lowest BCUT2D eigenvalue weighted by Gasteiger charge is -2.18. The van der Waals surface area contributed by atoms with Gasteiger partial charge in [0.2, 0.25) is 0 Å². The molecule has 0 spiro atoms. The van der Waals surface area contributed by atoms with E-state index in [9.17, 15) is 0 Å². The molecule has 0 bridgehead atoms. The van der Waals surface area contributed by atoms with E-state index in [-0.39, 0.29) is 5.41 Å². The normalized spacial score (nSPS) is 11.6. The lowest BCUT2D eigenvalue weighted by Crippen LogP contribution is -2.17. The van der Waals surface area contributed by atoms with Crippen molar-refractivity contribution < 1.29 is 0 Å². The summed E-state index contributed by atoms with van der Waals surface area (Å²) in [6.45, 7) is 6.30. The zero-order valence-corrected chi connectivity index (χ0v) is 12.4. The number of hydrogen-bond acceptors (Lipinski definition) is 7. The van der Waals surface area contributed by atoms with Crippen molar-refractivity contribution in [2.45, 2.75) is 35.6 Å². The van der Waals surface area contributed by atoms with Gasteiger partial charge < -0.3 is 5.32 Å². The Morgan fingerprint density at radius 3 is 2.61 bits per heavy atom. The van der Waals surface area contributed by atoms with Gasteiger partial charge in [0.1, 0.15) is 23.0 Å². The first-order valence-corrected chi connectivity index (χ1v) is 7.10. The van der Waals surface area contributed by atoms with E-state index in [2.05, 4.69) is 45.4 Å². The molecule has 0 saturated carbocycles. The van der Waals surface area contributed by atoms with Crippen molar-refractivity contribution in [3.8, 4) is 0 Å². The van der Waals surface area contributed by atoms with Crippen molar-refractivity contribution >= 4 is 29.1 Å². The van der Waals surface area contributed by atoms with Crippen LogP contribution in [0.1, 0.15) is 26.6 Å². The van der Waals surface area contributed by atoms with Crippen LogP contribution in [0.15, 0.2) is 21.8 Å². The zero-order valence-electron chi connectivity index (χ0n) is 10.8. The Kier molecular flexibility index (Phi) is 3.82. The van der Waals surface area contributed by atoms with Crippen molar-refractivity contribution in [1.29, 1.82) is 0 Å². The van der Waals surface area contributed by atoms with E-state index < -0.39 is 0 Å². The van der Waals surface area contributed by atoms with Crippen LogP contribution in [-0.4, -0.2) is 26.4 Å². The predicted molar refractivity (Wildman–Crippen MR) is 74.3 cm³/mol. The molecule has 0 aliphatic rings. The summed E-state index contributed by atoms with van der Waals surface area (Å²) in [5.41, 5.74) is -0.0801. The van der Waals surface area contributed by atoms with Gasteiger partial charge in [0, 0.05) is 18.5 Å².